The van der Waals surface area contributed by atoms with Crippen LogP contribution in [0.4, 0.5) is 5.82 Å². The Bertz CT molecular complexity index is 369. The van der Waals surface area contributed by atoms with Crippen molar-refractivity contribution >= 4 is 11.7 Å². The molecule has 5 heteroatoms. The number of nitrogens with zero attached hydrogens (tertiary/aromatic N) is 3. The molecule has 14 heavy (non-hydrogen) atoms. The SMILES string of the molecule is CC(C)n1cnc2c1C(=O)N(C)CN2. The van der Waals surface area contributed by atoms with E-state index in [1.54, 1.807) is 18.3 Å². The molecule has 1 aromatic heterocycles. The molecule has 5 nitrogen and oxygen atoms in total. The Morgan fingerprint density at radius 3 is 2.93 bits per heavy atom. The van der Waals surface area contributed by atoms with Crippen LogP contribution >= 0.6 is 0 Å². The highest BCUT2D eigenvalue weighted by Crippen LogP contribution is 2.22. The second-order valence-electron chi connectivity index (χ2n) is 3.78. The summed E-state index contributed by atoms with van der Waals surface area (Å²) in [5.74, 6) is 0.728. The third kappa shape index (κ3) is 1.16. The maximum atomic E-state index is 11.8. The predicted molar refractivity (Wildman–Crippen MR) is 53.2 cm³/mol. The minimum Gasteiger partial charge on any atom is -0.351 e. The Balaban J connectivity index is 2.50. The van der Waals surface area contributed by atoms with Crippen molar-refractivity contribution in [2.24, 2.45) is 0 Å². The standard InChI is InChI=1S/C9H14N4O/c1-6(2)13-5-11-8-7(13)9(14)12(3)4-10-8/h5-6,10H,4H2,1-3H3. The van der Waals surface area contributed by atoms with Gasteiger partial charge in [-0.15, -0.1) is 0 Å². The molecule has 0 saturated heterocycles. The quantitative estimate of drug-likeness (QED) is 0.723. The van der Waals surface area contributed by atoms with E-state index in [-0.39, 0.29) is 11.9 Å². The van der Waals surface area contributed by atoms with E-state index in [1.165, 1.54) is 0 Å². The van der Waals surface area contributed by atoms with Crippen molar-refractivity contribution in [3.63, 3.8) is 0 Å². The van der Waals surface area contributed by atoms with Gasteiger partial charge in [0.1, 0.15) is 0 Å². The summed E-state index contributed by atoms with van der Waals surface area (Å²) < 4.78 is 1.89. The molecule has 1 N–H and O–H groups in total. The van der Waals surface area contributed by atoms with E-state index in [0.717, 1.165) is 0 Å². The van der Waals surface area contributed by atoms with Gasteiger partial charge >= 0.3 is 0 Å². The molecule has 0 unspecified atom stereocenters. The second-order valence-corrected chi connectivity index (χ2v) is 3.78. The van der Waals surface area contributed by atoms with Gasteiger partial charge in [-0.1, -0.05) is 0 Å². The first-order valence-corrected chi connectivity index (χ1v) is 4.67. The molecule has 0 fully saturated rings. The molecule has 0 spiro atoms. The zero-order valence-corrected chi connectivity index (χ0v) is 8.61. The van der Waals surface area contributed by atoms with Crippen LogP contribution in [0.1, 0.15) is 30.4 Å². The van der Waals surface area contributed by atoms with Crippen LogP contribution in [-0.4, -0.2) is 34.1 Å². The van der Waals surface area contributed by atoms with Crippen molar-refractivity contribution in [1.82, 2.24) is 14.5 Å². The van der Waals surface area contributed by atoms with Gasteiger partial charge in [-0.05, 0) is 13.8 Å². The Morgan fingerprint density at radius 2 is 2.29 bits per heavy atom. The number of aromatic nitrogens is 2. The molecule has 1 aliphatic rings. The minimum atomic E-state index is 0.0324. The largest absolute Gasteiger partial charge is 0.351 e. The van der Waals surface area contributed by atoms with Crippen LogP contribution in [0.2, 0.25) is 0 Å². The van der Waals surface area contributed by atoms with Gasteiger partial charge in [0.25, 0.3) is 5.91 Å². The van der Waals surface area contributed by atoms with Crippen molar-refractivity contribution in [3.05, 3.63) is 12.0 Å². The average Bonchev–Trinajstić information content (AvgIpc) is 2.55. The first-order valence-electron chi connectivity index (χ1n) is 4.67. The molecule has 0 saturated carbocycles. The third-order valence-electron chi connectivity index (χ3n) is 2.38. The minimum absolute atomic E-state index is 0.0324. The van der Waals surface area contributed by atoms with Gasteiger partial charge in [-0.3, -0.25) is 4.79 Å². The summed E-state index contributed by atoms with van der Waals surface area (Å²) in [6.45, 7) is 4.59. The zero-order chi connectivity index (χ0) is 10.3. The van der Waals surface area contributed by atoms with Crippen LogP contribution in [0.25, 0.3) is 0 Å². The lowest BCUT2D eigenvalue weighted by Crippen LogP contribution is -2.38. The maximum absolute atomic E-state index is 11.8. The molecule has 1 aliphatic heterocycles. The smallest absolute Gasteiger partial charge is 0.275 e. The Kier molecular flexibility index (Phi) is 1.94. The van der Waals surface area contributed by atoms with Crippen LogP contribution in [0.3, 0.4) is 0 Å². The van der Waals surface area contributed by atoms with Gasteiger partial charge in [0.2, 0.25) is 0 Å². The van der Waals surface area contributed by atoms with Crippen molar-refractivity contribution in [2.45, 2.75) is 19.9 Å². The van der Waals surface area contributed by atoms with Crippen molar-refractivity contribution in [3.8, 4) is 0 Å². The molecule has 76 valence electrons. The van der Waals surface area contributed by atoms with Gasteiger partial charge in [0.15, 0.2) is 11.5 Å². The number of nitrogens with one attached hydrogen (secondary N) is 1. The molecular weight excluding hydrogens is 180 g/mol. The highest BCUT2D eigenvalue weighted by atomic mass is 16.2. The molecule has 1 aromatic rings. The summed E-state index contributed by atoms with van der Waals surface area (Å²) in [5.41, 5.74) is 0.661. The third-order valence-corrected chi connectivity index (χ3v) is 2.38. The molecule has 0 aliphatic carbocycles. The van der Waals surface area contributed by atoms with Gasteiger partial charge in [-0.2, -0.15) is 0 Å². The summed E-state index contributed by atoms with van der Waals surface area (Å²) in [6.07, 6.45) is 1.71. The Labute approximate surface area is 82.7 Å². The van der Waals surface area contributed by atoms with E-state index in [1.807, 2.05) is 18.4 Å². The Hall–Kier alpha value is -1.52. The molecule has 2 heterocycles. The monoisotopic (exact) mass is 194 g/mol. The van der Waals surface area contributed by atoms with Crippen LogP contribution in [-0.2, 0) is 0 Å². The number of hydrogen-bond acceptors (Lipinski definition) is 3. The van der Waals surface area contributed by atoms with Crippen LogP contribution in [0.15, 0.2) is 6.33 Å². The lowest BCUT2D eigenvalue weighted by molar-refractivity contribution is 0.0784. The molecule has 0 bridgehead atoms. The summed E-state index contributed by atoms with van der Waals surface area (Å²) in [5, 5.41) is 3.09. The first kappa shape index (κ1) is 9.05. The number of imidazole rings is 1. The summed E-state index contributed by atoms with van der Waals surface area (Å²) in [6, 6.07) is 0.253. The molecule has 0 radical (unpaired) electrons. The van der Waals surface area contributed by atoms with E-state index in [9.17, 15) is 4.79 Å². The van der Waals surface area contributed by atoms with E-state index in [2.05, 4.69) is 10.3 Å². The Morgan fingerprint density at radius 1 is 1.57 bits per heavy atom. The van der Waals surface area contributed by atoms with Crippen molar-refractivity contribution in [2.75, 3.05) is 19.0 Å². The molecule has 0 aromatic carbocycles. The van der Waals surface area contributed by atoms with E-state index in [4.69, 9.17) is 0 Å². The number of rotatable bonds is 1. The number of hydrogen-bond donors (Lipinski definition) is 1. The van der Waals surface area contributed by atoms with E-state index >= 15 is 0 Å². The number of anilines is 1. The number of fused-ring (bicyclic) bond motifs is 1. The number of carbonyl (C=O) groups excluding carboxylic acids is 1. The molecule has 1 amide bonds. The highest BCUT2D eigenvalue weighted by Gasteiger charge is 2.26. The normalized spacial score (nSPS) is 15.7. The maximum Gasteiger partial charge on any atom is 0.275 e. The second kappa shape index (κ2) is 3.01. The summed E-state index contributed by atoms with van der Waals surface area (Å²) in [4.78, 5) is 17.6. The van der Waals surface area contributed by atoms with E-state index in [0.29, 0.717) is 18.2 Å². The van der Waals surface area contributed by atoms with Crippen LogP contribution in [0, 0.1) is 0 Å². The molecule has 2 rings (SSSR count). The molecule has 0 atom stereocenters. The van der Waals surface area contributed by atoms with Crippen molar-refractivity contribution < 1.29 is 4.79 Å². The number of carbonyl (C=O) groups is 1. The van der Waals surface area contributed by atoms with E-state index < -0.39 is 0 Å². The topological polar surface area (TPSA) is 50.2 Å². The fraction of sp³-hybridized carbons (Fsp3) is 0.556. The first-order chi connectivity index (χ1) is 6.61. The highest BCUT2D eigenvalue weighted by molar-refractivity contribution is 5.98. The lowest BCUT2D eigenvalue weighted by Gasteiger charge is -2.25. The summed E-state index contributed by atoms with van der Waals surface area (Å²) in [7, 11) is 1.77. The van der Waals surface area contributed by atoms with Gasteiger partial charge in [0.05, 0.1) is 13.0 Å². The predicted octanol–water partition coefficient (Wildman–Crippen LogP) is 0.919. The molecular formula is C9H14N4O. The fourth-order valence-electron chi connectivity index (χ4n) is 1.54. The van der Waals surface area contributed by atoms with Gasteiger partial charge < -0.3 is 14.8 Å². The van der Waals surface area contributed by atoms with Crippen LogP contribution < -0.4 is 5.32 Å². The number of amides is 1. The van der Waals surface area contributed by atoms with Gasteiger partial charge in [0, 0.05) is 13.1 Å². The fourth-order valence-corrected chi connectivity index (χ4v) is 1.54. The summed E-state index contributed by atoms with van der Waals surface area (Å²) >= 11 is 0. The van der Waals surface area contributed by atoms with Gasteiger partial charge in [-0.25, -0.2) is 4.98 Å². The zero-order valence-electron chi connectivity index (χ0n) is 8.61. The average molecular weight is 194 g/mol. The van der Waals surface area contributed by atoms with Crippen molar-refractivity contribution in [1.29, 1.82) is 0 Å². The lowest BCUT2D eigenvalue weighted by atomic mass is 10.3. The van der Waals surface area contributed by atoms with Crippen LogP contribution in [0.5, 0.6) is 0 Å².